The highest BCUT2D eigenvalue weighted by atomic mass is 15.2. The van der Waals surface area contributed by atoms with Crippen LogP contribution < -0.4 is 0 Å². The number of likely N-dealkylation sites (tertiary alicyclic amines) is 1. The van der Waals surface area contributed by atoms with Gasteiger partial charge in [0.05, 0.1) is 11.9 Å². The van der Waals surface area contributed by atoms with Crippen molar-refractivity contribution in [3.8, 4) is 11.3 Å². The molecule has 2 aromatic carbocycles. The predicted molar refractivity (Wildman–Crippen MR) is 115 cm³/mol. The van der Waals surface area contributed by atoms with Crippen LogP contribution in [0.5, 0.6) is 0 Å². The fourth-order valence-electron chi connectivity index (χ4n) is 4.21. The number of nitrogens with one attached hydrogen (secondary N) is 1. The van der Waals surface area contributed by atoms with Crippen molar-refractivity contribution >= 4 is 0 Å². The lowest BCUT2D eigenvalue weighted by molar-refractivity contribution is 0.113. The smallest absolute Gasteiger partial charge is 0.0695 e. The van der Waals surface area contributed by atoms with Gasteiger partial charge in [-0.25, -0.2) is 0 Å². The van der Waals surface area contributed by atoms with Crippen LogP contribution in [0.4, 0.5) is 0 Å². The lowest BCUT2D eigenvalue weighted by Crippen LogP contribution is -2.46. The second kappa shape index (κ2) is 9.18. The fraction of sp³-hybridized carbons (Fsp3) is 0.375. The van der Waals surface area contributed by atoms with Gasteiger partial charge in [0, 0.05) is 31.2 Å². The molecule has 1 saturated heterocycles. The lowest BCUT2D eigenvalue weighted by Gasteiger charge is -2.37. The van der Waals surface area contributed by atoms with Gasteiger partial charge in [0.15, 0.2) is 0 Å². The zero-order valence-corrected chi connectivity index (χ0v) is 16.7. The first kappa shape index (κ1) is 18.9. The van der Waals surface area contributed by atoms with Crippen LogP contribution >= 0.6 is 0 Å². The van der Waals surface area contributed by atoms with Crippen molar-refractivity contribution in [3.63, 3.8) is 0 Å². The van der Waals surface area contributed by atoms with Crippen molar-refractivity contribution in [2.24, 2.45) is 0 Å². The maximum Gasteiger partial charge on any atom is 0.0695 e. The molecule has 0 unspecified atom stereocenters. The van der Waals surface area contributed by atoms with Crippen LogP contribution in [-0.4, -0.2) is 52.7 Å². The summed E-state index contributed by atoms with van der Waals surface area (Å²) in [5, 5.41) is 7.50. The van der Waals surface area contributed by atoms with Gasteiger partial charge in [0.25, 0.3) is 0 Å². The van der Waals surface area contributed by atoms with E-state index in [-0.39, 0.29) is 0 Å². The number of rotatable bonds is 7. The highest BCUT2D eigenvalue weighted by Crippen LogP contribution is 2.24. The van der Waals surface area contributed by atoms with E-state index in [0.717, 1.165) is 31.7 Å². The average molecular weight is 375 g/mol. The topological polar surface area (TPSA) is 35.2 Å². The van der Waals surface area contributed by atoms with Crippen LogP contribution in [-0.2, 0) is 13.0 Å². The second-order valence-electron chi connectivity index (χ2n) is 7.88. The van der Waals surface area contributed by atoms with Crippen molar-refractivity contribution in [1.82, 2.24) is 20.0 Å². The van der Waals surface area contributed by atoms with Crippen molar-refractivity contribution in [2.75, 3.05) is 26.7 Å². The number of piperidine rings is 1. The van der Waals surface area contributed by atoms with E-state index in [9.17, 15) is 0 Å². The molecule has 4 rings (SSSR count). The number of aromatic nitrogens is 2. The summed E-state index contributed by atoms with van der Waals surface area (Å²) in [7, 11) is 2.26. The minimum absolute atomic E-state index is 0.600. The first-order valence-corrected chi connectivity index (χ1v) is 10.3. The highest BCUT2D eigenvalue weighted by Gasteiger charge is 2.24. The molecule has 0 aliphatic carbocycles. The van der Waals surface area contributed by atoms with Crippen molar-refractivity contribution in [3.05, 3.63) is 78.0 Å². The summed E-state index contributed by atoms with van der Waals surface area (Å²) in [5.41, 5.74) is 5.06. The zero-order valence-electron chi connectivity index (χ0n) is 16.7. The molecule has 28 heavy (non-hydrogen) atoms. The predicted octanol–water partition coefficient (Wildman–Crippen LogP) is 4.22. The van der Waals surface area contributed by atoms with Crippen LogP contribution in [0.1, 0.15) is 24.0 Å². The summed E-state index contributed by atoms with van der Waals surface area (Å²) in [6.07, 6.45) is 5.67. The van der Waals surface area contributed by atoms with Gasteiger partial charge in [0.2, 0.25) is 0 Å². The van der Waals surface area contributed by atoms with Gasteiger partial charge in [-0.05, 0) is 44.0 Å². The maximum absolute atomic E-state index is 4.31. The minimum Gasteiger partial charge on any atom is -0.301 e. The van der Waals surface area contributed by atoms with Crippen LogP contribution in [0.2, 0.25) is 0 Å². The van der Waals surface area contributed by atoms with E-state index < -0.39 is 0 Å². The van der Waals surface area contributed by atoms with Crippen molar-refractivity contribution in [1.29, 1.82) is 0 Å². The average Bonchev–Trinajstić information content (AvgIpc) is 3.22. The van der Waals surface area contributed by atoms with E-state index in [1.165, 1.54) is 36.1 Å². The Hall–Kier alpha value is -2.43. The first-order valence-electron chi connectivity index (χ1n) is 10.3. The quantitative estimate of drug-likeness (QED) is 0.673. The Bertz CT molecular complexity index is 843. The summed E-state index contributed by atoms with van der Waals surface area (Å²) in [5.74, 6) is 0. The van der Waals surface area contributed by atoms with Gasteiger partial charge in [0.1, 0.15) is 0 Å². The van der Waals surface area contributed by atoms with Crippen LogP contribution in [0.3, 0.4) is 0 Å². The van der Waals surface area contributed by atoms with Gasteiger partial charge in [-0.15, -0.1) is 0 Å². The van der Waals surface area contributed by atoms with Gasteiger partial charge in [-0.3, -0.25) is 10.00 Å². The summed E-state index contributed by atoms with van der Waals surface area (Å²) < 4.78 is 0. The Kier molecular flexibility index (Phi) is 6.20. The Morgan fingerprint density at radius 1 is 1.07 bits per heavy atom. The van der Waals surface area contributed by atoms with E-state index >= 15 is 0 Å². The van der Waals surface area contributed by atoms with E-state index in [1.54, 1.807) is 0 Å². The summed E-state index contributed by atoms with van der Waals surface area (Å²) in [6.45, 7) is 4.45. The van der Waals surface area contributed by atoms with E-state index in [0.29, 0.717) is 6.04 Å². The highest BCUT2D eigenvalue weighted by molar-refractivity contribution is 5.62. The molecule has 3 aromatic rings. The lowest BCUT2D eigenvalue weighted by atomic mass is 10.0. The Labute approximate surface area is 168 Å². The zero-order chi connectivity index (χ0) is 19.2. The third-order valence-electron chi connectivity index (χ3n) is 5.86. The SMILES string of the molecule is CN(Cc1cn[nH]c1-c1ccccc1)[C@@H]1CCCN(CCc2ccccc2)C1. The summed E-state index contributed by atoms with van der Waals surface area (Å²) >= 11 is 0. The standard InChI is InChI=1S/C24H30N4/c1-27(18-22-17-25-26-24(22)21-11-6-3-7-12-21)23-13-8-15-28(19-23)16-14-20-9-4-2-5-10-20/h2-7,9-12,17,23H,8,13-16,18-19H2,1H3,(H,25,26)/t23-/m1/s1. The number of likely N-dealkylation sites (N-methyl/N-ethyl adjacent to an activating group) is 1. The molecule has 1 aromatic heterocycles. The third kappa shape index (κ3) is 4.70. The number of H-pyrrole nitrogens is 1. The monoisotopic (exact) mass is 374 g/mol. The third-order valence-corrected chi connectivity index (χ3v) is 5.86. The molecule has 1 fully saturated rings. The number of hydrogen-bond acceptors (Lipinski definition) is 3. The molecular formula is C24H30N4. The van der Waals surface area contributed by atoms with Gasteiger partial charge in [-0.2, -0.15) is 5.10 Å². The number of aromatic amines is 1. The molecule has 1 N–H and O–H groups in total. The molecule has 146 valence electrons. The number of benzene rings is 2. The van der Waals surface area contributed by atoms with E-state index in [2.05, 4.69) is 87.7 Å². The Balaban J connectivity index is 1.35. The molecule has 0 spiro atoms. The van der Waals surface area contributed by atoms with Gasteiger partial charge in [-0.1, -0.05) is 60.7 Å². The van der Waals surface area contributed by atoms with Crippen LogP contribution in [0.25, 0.3) is 11.3 Å². The van der Waals surface area contributed by atoms with E-state index in [1.807, 2.05) is 6.20 Å². The molecule has 0 radical (unpaired) electrons. The van der Waals surface area contributed by atoms with Gasteiger partial charge < -0.3 is 4.90 Å². The molecule has 4 nitrogen and oxygen atoms in total. The number of nitrogens with zero attached hydrogens (tertiary/aromatic N) is 3. The Morgan fingerprint density at radius 3 is 2.61 bits per heavy atom. The van der Waals surface area contributed by atoms with E-state index in [4.69, 9.17) is 0 Å². The fourth-order valence-corrected chi connectivity index (χ4v) is 4.21. The molecular weight excluding hydrogens is 344 g/mol. The summed E-state index contributed by atoms with van der Waals surface area (Å²) in [6, 6.07) is 21.9. The van der Waals surface area contributed by atoms with Crippen LogP contribution in [0, 0.1) is 0 Å². The molecule has 2 heterocycles. The first-order chi connectivity index (χ1) is 13.8. The molecule has 0 amide bonds. The summed E-state index contributed by atoms with van der Waals surface area (Å²) in [4.78, 5) is 5.14. The molecule has 1 atom stereocenters. The van der Waals surface area contributed by atoms with Crippen molar-refractivity contribution in [2.45, 2.75) is 31.8 Å². The second-order valence-corrected chi connectivity index (χ2v) is 7.88. The van der Waals surface area contributed by atoms with Crippen molar-refractivity contribution < 1.29 is 0 Å². The van der Waals surface area contributed by atoms with Crippen LogP contribution in [0.15, 0.2) is 66.9 Å². The minimum atomic E-state index is 0.600. The maximum atomic E-state index is 4.31. The normalized spacial score (nSPS) is 17.9. The Morgan fingerprint density at radius 2 is 1.82 bits per heavy atom. The molecule has 0 bridgehead atoms. The largest absolute Gasteiger partial charge is 0.301 e. The van der Waals surface area contributed by atoms with Gasteiger partial charge >= 0.3 is 0 Å². The molecule has 0 saturated carbocycles. The molecule has 4 heteroatoms. The molecule has 1 aliphatic heterocycles. The number of hydrogen-bond donors (Lipinski definition) is 1. The molecule has 1 aliphatic rings.